The number of hydrogen-bond donors (Lipinski definition) is 3. The van der Waals surface area contributed by atoms with Crippen LogP contribution in [-0.2, 0) is 11.3 Å². The fraction of sp³-hybridized carbons (Fsp3) is 0.412. The first-order chi connectivity index (χ1) is 10.7. The van der Waals surface area contributed by atoms with Gasteiger partial charge in [0.2, 0.25) is 5.91 Å². The maximum Gasteiger partial charge on any atom is 0.224 e. The molecule has 0 bridgehead atoms. The van der Waals surface area contributed by atoms with Gasteiger partial charge in [-0.15, -0.1) is 6.42 Å². The summed E-state index contributed by atoms with van der Waals surface area (Å²) in [6, 6.07) is 7.69. The number of amides is 1. The maximum atomic E-state index is 11.5. The van der Waals surface area contributed by atoms with Gasteiger partial charge in [0.15, 0.2) is 5.96 Å². The molecule has 5 heteroatoms. The standard InChI is InChI=1S/C17H24N4O/c1-4-7-16(22)21-15-10-8-14(9-11-15)13-20-17(18-6-3)19-12-5-2/h2,8-11H,4,6-7,12-13H2,1,3H3,(H,21,22)(H2,18,19,20). The van der Waals surface area contributed by atoms with Crippen LogP contribution in [0.5, 0.6) is 0 Å². The first-order valence-electron chi connectivity index (χ1n) is 7.54. The summed E-state index contributed by atoms with van der Waals surface area (Å²) in [7, 11) is 0. The summed E-state index contributed by atoms with van der Waals surface area (Å²) < 4.78 is 0. The molecule has 0 unspecified atom stereocenters. The Balaban J connectivity index is 2.58. The number of aliphatic imine (C=N–C) groups is 1. The van der Waals surface area contributed by atoms with Gasteiger partial charge in [-0.2, -0.15) is 0 Å². The first-order valence-corrected chi connectivity index (χ1v) is 7.54. The third kappa shape index (κ3) is 6.80. The Morgan fingerprint density at radius 3 is 2.55 bits per heavy atom. The molecule has 0 heterocycles. The Kier molecular flexibility index (Phi) is 8.21. The highest BCUT2D eigenvalue weighted by atomic mass is 16.1. The van der Waals surface area contributed by atoms with Gasteiger partial charge in [0, 0.05) is 18.7 Å². The average Bonchev–Trinajstić information content (AvgIpc) is 2.51. The van der Waals surface area contributed by atoms with Crippen molar-refractivity contribution in [1.82, 2.24) is 10.6 Å². The molecular formula is C17H24N4O. The molecular weight excluding hydrogens is 276 g/mol. The minimum Gasteiger partial charge on any atom is -0.357 e. The van der Waals surface area contributed by atoms with Crippen LogP contribution in [0, 0.1) is 12.3 Å². The zero-order valence-corrected chi connectivity index (χ0v) is 13.3. The number of nitrogens with zero attached hydrogens (tertiary/aromatic N) is 1. The minimum atomic E-state index is 0.0428. The van der Waals surface area contributed by atoms with Gasteiger partial charge in [-0.25, -0.2) is 4.99 Å². The predicted molar refractivity (Wildman–Crippen MR) is 91.6 cm³/mol. The monoisotopic (exact) mass is 300 g/mol. The van der Waals surface area contributed by atoms with Crippen molar-refractivity contribution in [3.05, 3.63) is 29.8 Å². The predicted octanol–water partition coefficient (Wildman–Crippen LogP) is 2.11. The quantitative estimate of drug-likeness (QED) is 0.410. The van der Waals surface area contributed by atoms with E-state index < -0.39 is 0 Å². The van der Waals surface area contributed by atoms with E-state index in [1.807, 2.05) is 38.1 Å². The second kappa shape index (κ2) is 10.3. The molecule has 0 atom stereocenters. The van der Waals surface area contributed by atoms with Gasteiger partial charge in [-0.05, 0) is 31.0 Å². The number of anilines is 1. The molecule has 0 aromatic heterocycles. The Morgan fingerprint density at radius 1 is 1.23 bits per heavy atom. The molecule has 5 nitrogen and oxygen atoms in total. The van der Waals surface area contributed by atoms with Gasteiger partial charge in [0.05, 0.1) is 13.1 Å². The van der Waals surface area contributed by atoms with Crippen LogP contribution >= 0.6 is 0 Å². The molecule has 0 radical (unpaired) electrons. The van der Waals surface area contributed by atoms with Crippen LogP contribution in [0.15, 0.2) is 29.3 Å². The molecule has 1 rings (SSSR count). The van der Waals surface area contributed by atoms with Crippen LogP contribution in [-0.4, -0.2) is 25.0 Å². The summed E-state index contributed by atoms with van der Waals surface area (Å²) in [5.41, 5.74) is 1.87. The fourth-order valence-corrected chi connectivity index (χ4v) is 1.79. The van der Waals surface area contributed by atoms with Crippen molar-refractivity contribution < 1.29 is 4.79 Å². The lowest BCUT2D eigenvalue weighted by molar-refractivity contribution is -0.116. The smallest absolute Gasteiger partial charge is 0.224 e. The van der Waals surface area contributed by atoms with Gasteiger partial charge in [-0.3, -0.25) is 4.79 Å². The number of guanidine groups is 1. The van der Waals surface area contributed by atoms with Crippen LogP contribution in [0.4, 0.5) is 5.69 Å². The molecule has 0 saturated heterocycles. The summed E-state index contributed by atoms with van der Waals surface area (Å²) in [6.45, 7) is 5.74. The molecule has 1 aromatic rings. The topological polar surface area (TPSA) is 65.5 Å². The van der Waals surface area contributed by atoms with E-state index in [0.717, 1.165) is 24.2 Å². The second-order valence-corrected chi connectivity index (χ2v) is 4.75. The molecule has 1 aromatic carbocycles. The van der Waals surface area contributed by atoms with Crippen molar-refractivity contribution in [3.8, 4) is 12.3 Å². The summed E-state index contributed by atoms with van der Waals surface area (Å²) in [5, 5.41) is 9.02. The lowest BCUT2D eigenvalue weighted by Gasteiger charge is -2.09. The van der Waals surface area contributed by atoms with E-state index in [1.54, 1.807) is 0 Å². The fourth-order valence-electron chi connectivity index (χ4n) is 1.79. The van der Waals surface area contributed by atoms with Crippen molar-refractivity contribution in [3.63, 3.8) is 0 Å². The normalized spacial score (nSPS) is 10.7. The number of hydrogen-bond acceptors (Lipinski definition) is 2. The molecule has 0 saturated carbocycles. The van der Waals surface area contributed by atoms with E-state index in [0.29, 0.717) is 25.5 Å². The van der Waals surface area contributed by atoms with E-state index in [9.17, 15) is 4.79 Å². The SMILES string of the molecule is C#CCNC(=NCc1ccc(NC(=O)CCC)cc1)NCC. The van der Waals surface area contributed by atoms with E-state index >= 15 is 0 Å². The van der Waals surface area contributed by atoms with Gasteiger partial charge in [-0.1, -0.05) is 25.0 Å². The number of carbonyl (C=O) groups excluding carboxylic acids is 1. The molecule has 3 N–H and O–H groups in total. The van der Waals surface area contributed by atoms with Crippen LogP contribution in [0.3, 0.4) is 0 Å². The van der Waals surface area contributed by atoms with Crippen molar-refractivity contribution in [1.29, 1.82) is 0 Å². The summed E-state index contributed by atoms with van der Waals surface area (Å²) >= 11 is 0. The number of terminal acetylenes is 1. The molecule has 0 aliphatic rings. The van der Waals surface area contributed by atoms with Crippen molar-refractivity contribution in [2.45, 2.75) is 33.2 Å². The van der Waals surface area contributed by atoms with Crippen molar-refractivity contribution >= 4 is 17.6 Å². The van der Waals surface area contributed by atoms with Gasteiger partial charge >= 0.3 is 0 Å². The molecule has 0 aliphatic heterocycles. The second-order valence-electron chi connectivity index (χ2n) is 4.75. The van der Waals surface area contributed by atoms with Crippen LogP contribution < -0.4 is 16.0 Å². The molecule has 0 aliphatic carbocycles. The number of nitrogens with one attached hydrogen (secondary N) is 3. The third-order valence-electron chi connectivity index (χ3n) is 2.84. The minimum absolute atomic E-state index is 0.0428. The van der Waals surface area contributed by atoms with Crippen molar-refractivity contribution in [2.75, 3.05) is 18.4 Å². The van der Waals surface area contributed by atoms with Crippen molar-refractivity contribution in [2.24, 2.45) is 4.99 Å². The highest BCUT2D eigenvalue weighted by Crippen LogP contribution is 2.11. The van der Waals surface area contributed by atoms with E-state index in [2.05, 4.69) is 26.9 Å². The Labute approximate surface area is 132 Å². The Morgan fingerprint density at radius 2 is 1.95 bits per heavy atom. The highest BCUT2D eigenvalue weighted by molar-refractivity contribution is 5.90. The zero-order valence-electron chi connectivity index (χ0n) is 13.3. The van der Waals surface area contributed by atoms with Crippen LogP contribution in [0.1, 0.15) is 32.3 Å². The number of rotatable bonds is 7. The molecule has 1 amide bonds. The van der Waals surface area contributed by atoms with E-state index in [4.69, 9.17) is 6.42 Å². The summed E-state index contributed by atoms with van der Waals surface area (Å²) in [4.78, 5) is 16.0. The molecule has 0 fully saturated rings. The lowest BCUT2D eigenvalue weighted by atomic mass is 10.2. The van der Waals surface area contributed by atoms with Crippen LogP contribution in [0.2, 0.25) is 0 Å². The number of carbonyl (C=O) groups is 1. The van der Waals surface area contributed by atoms with Gasteiger partial charge in [0.25, 0.3) is 0 Å². The molecule has 22 heavy (non-hydrogen) atoms. The summed E-state index contributed by atoms with van der Waals surface area (Å²) in [5.74, 6) is 3.26. The maximum absolute atomic E-state index is 11.5. The largest absolute Gasteiger partial charge is 0.357 e. The van der Waals surface area contributed by atoms with Gasteiger partial charge in [0.1, 0.15) is 0 Å². The van der Waals surface area contributed by atoms with E-state index in [-0.39, 0.29) is 5.91 Å². The first kappa shape index (κ1) is 17.6. The molecule has 0 spiro atoms. The van der Waals surface area contributed by atoms with Gasteiger partial charge < -0.3 is 16.0 Å². The zero-order chi connectivity index (χ0) is 16.2. The van der Waals surface area contributed by atoms with Crippen LogP contribution in [0.25, 0.3) is 0 Å². The average molecular weight is 300 g/mol. The number of benzene rings is 1. The molecule has 118 valence electrons. The van der Waals surface area contributed by atoms with E-state index in [1.165, 1.54) is 0 Å². The summed E-state index contributed by atoms with van der Waals surface area (Å²) in [6.07, 6.45) is 6.61. The Bertz CT molecular complexity index is 529. The highest BCUT2D eigenvalue weighted by Gasteiger charge is 2.01. The third-order valence-corrected chi connectivity index (χ3v) is 2.84. The lowest BCUT2D eigenvalue weighted by Crippen LogP contribution is -2.37. The Hall–Kier alpha value is -2.48.